The van der Waals surface area contributed by atoms with E-state index >= 15 is 0 Å². The van der Waals surface area contributed by atoms with Gasteiger partial charge in [-0.05, 0) is 55.0 Å². The molecule has 1 heteroatoms. The molecule has 1 nitrogen and oxygen atoms in total. The minimum atomic E-state index is 1.10. The average molecular weight is 237 g/mol. The van der Waals surface area contributed by atoms with Crippen molar-refractivity contribution in [1.82, 2.24) is 0 Å². The Morgan fingerprint density at radius 3 is 2.78 bits per heavy atom. The van der Waals surface area contributed by atoms with E-state index in [-0.39, 0.29) is 0 Å². The maximum atomic E-state index is 3.51. The third-order valence-corrected chi connectivity index (χ3v) is 3.78. The van der Waals surface area contributed by atoms with E-state index in [0.717, 1.165) is 6.54 Å². The molecule has 2 aromatic carbocycles. The Bertz CT molecular complexity index is 584. The standard InChI is InChI=1S/C17H19N/c1-12-8-9-13(2)16(11-12)14-5-3-7-17-15(14)6-4-10-18-17/h3,5,7-9,11,18H,4,6,10H2,1-2H3. The molecule has 0 aromatic heterocycles. The zero-order valence-electron chi connectivity index (χ0n) is 11.1. The van der Waals surface area contributed by atoms with Crippen molar-refractivity contribution in [2.45, 2.75) is 26.7 Å². The monoisotopic (exact) mass is 237 g/mol. The fourth-order valence-corrected chi connectivity index (χ4v) is 2.79. The van der Waals surface area contributed by atoms with Crippen LogP contribution in [-0.2, 0) is 6.42 Å². The normalized spacial score (nSPS) is 13.9. The summed E-state index contributed by atoms with van der Waals surface area (Å²) < 4.78 is 0. The maximum Gasteiger partial charge on any atom is 0.0378 e. The predicted molar refractivity (Wildman–Crippen MR) is 78.2 cm³/mol. The number of hydrogen-bond acceptors (Lipinski definition) is 1. The lowest BCUT2D eigenvalue weighted by molar-refractivity contribution is 0.832. The molecule has 0 fully saturated rings. The lowest BCUT2D eigenvalue weighted by Crippen LogP contribution is -2.12. The summed E-state index contributed by atoms with van der Waals surface area (Å²) in [5.41, 5.74) is 8.28. The molecule has 0 atom stereocenters. The van der Waals surface area contributed by atoms with Crippen molar-refractivity contribution in [2.75, 3.05) is 11.9 Å². The van der Waals surface area contributed by atoms with E-state index in [9.17, 15) is 0 Å². The number of anilines is 1. The van der Waals surface area contributed by atoms with Gasteiger partial charge in [0.05, 0.1) is 0 Å². The van der Waals surface area contributed by atoms with Gasteiger partial charge in [-0.2, -0.15) is 0 Å². The van der Waals surface area contributed by atoms with Crippen molar-refractivity contribution < 1.29 is 0 Å². The van der Waals surface area contributed by atoms with Gasteiger partial charge in [0.15, 0.2) is 0 Å². The van der Waals surface area contributed by atoms with Crippen molar-refractivity contribution in [2.24, 2.45) is 0 Å². The number of aryl methyl sites for hydroxylation is 2. The summed E-state index contributed by atoms with van der Waals surface area (Å²) in [6.45, 7) is 5.46. The number of nitrogens with one attached hydrogen (secondary N) is 1. The molecular weight excluding hydrogens is 218 g/mol. The van der Waals surface area contributed by atoms with E-state index in [4.69, 9.17) is 0 Å². The number of hydrogen-bond donors (Lipinski definition) is 1. The fourth-order valence-electron chi connectivity index (χ4n) is 2.79. The van der Waals surface area contributed by atoms with E-state index in [0.29, 0.717) is 0 Å². The average Bonchev–Trinajstić information content (AvgIpc) is 2.41. The molecule has 2 aromatic rings. The molecule has 1 heterocycles. The van der Waals surface area contributed by atoms with Crippen LogP contribution in [0.25, 0.3) is 11.1 Å². The van der Waals surface area contributed by atoms with Crippen LogP contribution < -0.4 is 5.32 Å². The van der Waals surface area contributed by atoms with Gasteiger partial charge in [0.1, 0.15) is 0 Å². The van der Waals surface area contributed by atoms with Gasteiger partial charge in [-0.3, -0.25) is 0 Å². The van der Waals surface area contributed by atoms with Crippen LogP contribution in [0.3, 0.4) is 0 Å². The van der Waals surface area contributed by atoms with Crippen LogP contribution in [0.1, 0.15) is 23.1 Å². The first-order valence-electron chi connectivity index (χ1n) is 6.69. The topological polar surface area (TPSA) is 12.0 Å². The quantitative estimate of drug-likeness (QED) is 0.778. The molecule has 1 aliphatic rings. The molecule has 3 rings (SSSR count). The van der Waals surface area contributed by atoms with Gasteiger partial charge in [0, 0.05) is 12.2 Å². The molecule has 18 heavy (non-hydrogen) atoms. The summed E-state index contributed by atoms with van der Waals surface area (Å²) in [5.74, 6) is 0. The van der Waals surface area contributed by atoms with Crippen molar-refractivity contribution >= 4 is 5.69 Å². The molecule has 0 saturated carbocycles. The summed E-state index contributed by atoms with van der Waals surface area (Å²) in [7, 11) is 0. The Hall–Kier alpha value is -1.76. The van der Waals surface area contributed by atoms with Crippen LogP contribution in [0.5, 0.6) is 0 Å². The van der Waals surface area contributed by atoms with Gasteiger partial charge in [-0.25, -0.2) is 0 Å². The SMILES string of the molecule is Cc1ccc(C)c(-c2cccc3c2CCCN3)c1. The lowest BCUT2D eigenvalue weighted by Gasteiger charge is -2.22. The Morgan fingerprint density at radius 1 is 1.00 bits per heavy atom. The molecule has 0 spiro atoms. The van der Waals surface area contributed by atoms with Crippen molar-refractivity contribution in [3.63, 3.8) is 0 Å². The largest absolute Gasteiger partial charge is 0.385 e. The molecule has 0 unspecified atom stereocenters. The molecule has 0 saturated heterocycles. The number of fused-ring (bicyclic) bond motifs is 1. The molecule has 0 aliphatic carbocycles. The third kappa shape index (κ3) is 1.90. The Balaban J connectivity index is 2.19. The molecular formula is C17H19N. The smallest absolute Gasteiger partial charge is 0.0378 e. The summed E-state index contributed by atoms with van der Waals surface area (Å²) in [6, 6.07) is 13.3. The van der Waals surface area contributed by atoms with Crippen molar-refractivity contribution in [3.8, 4) is 11.1 Å². The minimum absolute atomic E-state index is 1.10. The van der Waals surface area contributed by atoms with Gasteiger partial charge in [0.2, 0.25) is 0 Å². The van der Waals surface area contributed by atoms with Gasteiger partial charge >= 0.3 is 0 Å². The molecule has 0 radical (unpaired) electrons. The molecule has 0 amide bonds. The first-order valence-corrected chi connectivity index (χ1v) is 6.69. The second kappa shape index (κ2) is 4.49. The number of benzene rings is 2. The first kappa shape index (κ1) is 11.3. The van der Waals surface area contributed by atoms with E-state index in [1.165, 1.54) is 46.3 Å². The highest BCUT2D eigenvalue weighted by atomic mass is 14.9. The maximum absolute atomic E-state index is 3.51. The first-order chi connectivity index (χ1) is 8.75. The van der Waals surface area contributed by atoms with Crippen LogP contribution in [0.15, 0.2) is 36.4 Å². The second-order valence-corrected chi connectivity index (χ2v) is 5.18. The molecule has 1 aliphatic heterocycles. The van der Waals surface area contributed by atoms with Crippen LogP contribution in [0.2, 0.25) is 0 Å². The highest BCUT2D eigenvalue weighted by Gasteiger charge is 2.14. The zero-order chi connectivity index (χ0) is 12.5. The summed E-state index contributed by atoms with van der Waals surface area (Å²) in [6.07, 6.45) is 2.42. The molecule has 0 bridgehead atoms. The summed E-state index contributed by atoms with van der Waals surface area (Å²) in [5, 5.41) is 3.51. The van der Waals surface area contributed by atoms with E-state index in [2.05, 4.69) is 55.6 Å². The minimum Gasteiger partial charge on any atom is -0.385 e. The Labute approximate surface area is 109 Å². The van der Waals surface area contributed by atoms with Crippen LogP contribution in [0.4, 0.5) is 5.69 Å². The van der Waals surface area contributed by atoms with E-state index < -0.39 is 0 Å². The molecule has 1 N–H and O–H groups in total. The highest BCUT2D eigenvalue weighted by molar-refractivity contribution is 5.77. The van der Waals surface area contributed by atoms with Gasteiger partial charge in [-0.15, -0.1) is 0 Å². The van der Waals surface area contributed by atoms with Crippen LogP contribution in [0, 0.1) is 13.8 Å². The summed E-state index contributed by atoms with van der Waals surface area (Å²) in [4.78, 5) is 0. The van der Waals surface area contributed by atoms with Gasteiger partial charge in [0.25, 0.3) is 0 Å². The fraction of sp³-hybridized carbons (Fsp3) is 0.294. The summed E-state index contributed by atoms with van der Waals surface area (Å²) >= 11 is 0. The molecule has 92 valence electrons. The Morgan fingerprint density at radius 2 is 1.89 bits per heavy atom. The Kier molecular flexibility index (Phi) is 2.83. The third-order valence-electron chi connectivity index (χ3n) is 3.78. The van der Waals surface area contributed by atoms with Crippen molar-refractivity contribution in [1.29, 1.82) is 0 Å². The van der Waals surface area contributed by atoms with E-state index in [1.54, 1.807) is 0 Å². The van der Waals surface area contributed by atoms with Gasteiger partial charge < -0.3 is 5.32 Å². The highest BCUT2D eigenvalue weighted by Crippen LogP contribution is 2.34. The number of rotatable bonds is 1. The van der Waals surface area contributed by atoms with Crippen LogP contribution >= 0.6 is 0 Å². The zero-order valence-corrected chi connectivity index (χ0v) is 11.1. The van der Waals surface area contributed by atoms with Crippen molar-refractivity contribution in [3.05, 3.63) is 53.1 Å². The van der Waals surface area contributed by atoms with Crippen LogP contribution in [-0.4, -0.2) is 6.54 Å². The lowest BCUT2D eigenvalue weighted by atomic mass is 9.90. The van der Waals surface area contributed by atoms with E-state index in [1.807, 2.05) is 0 Å². The predicted octanol–water partition coefficient (Wildman–Crippen LogP) is 4.33. The second-order valence-electron chi connectivity index (χ2n) is 5.18. The van der Waals surface area contributed by atoms with Gasteiger partial charge in [-0.1, -0.05) is 35.9 Å².